The average Bonchev–Trinajstić information content (AvgIpc) is 2.72. The summed E-state index contributed by atoms with van der Waals surface area (Å²) < 4.78 is 2.20. The van der Waals surface area contributed by atoms with Crippen LogP contribution >= 0.6 is 0 Å². The van der Waals surface area contributed by atoms with Crippen molar-refractivity contribution < 1.29 is 5.11 Å². The fourth-order valence-electron chi connectivity index (χ4n) is 1.89. The molecule has 0 aliphatic carbocycles. The molecule has 2 aromatic rings. The van der Waals surface area contributed by atoms with Crippen molar-refractivity contribution in [3.63, 3.8) is 0 Å². The predicted octanol–water partition coefficient (Wildman–Crippen LogP) is 2.55. The lowest BCUT2D eigenvalue weighted by atomic mass is 10.2. The minimum atomic E-state index is 0.0954. The number of aliphatic hydroxyl groups excluding tert-OH is 1. The third-order valence-electron chi connectivity index (χ3n) is 2.74. The number of aliphatic hydroxyl groups is 1. The molecule has 0 unspecified atom stereocenters. The van der Waals surface area contributed by atoms with Gasteiger partial charge in [-0.05, 0) is 35.6 Å². The molecule has 0 radical (unpaired) electrons. The van der Waals surface area contributed by atoms with E-state index in [1.54, 1.807) is 0 Å². The number of rotatable bonds is 4. The molecule has 2 nitrogen and oxygen atoms in total. The largest absolute Gasteiger partial charge is 0.392 e. The summed E-state index contributed by atoms with van der Waals surface area (Å²) >= 11 is 0. The zero-order valence-corrected chi connectivity index (χ0v) is 9.19. The molecule has 0 atom stereocenters. The summed E-state index contributed by atoms with van der Waals surface area (Å²) in [5.74, 6) is 2.65. The van der Waals surface area contributed by atoms with Crippen LogP contribution in [0.2, 0.25) is 0 Å². The van der Waals surface area contributed by atoms with Gasteiger partial charge in [-0.3, -0.25) is 0 Å². The molecule has 0 aliphatic heterocycles. The van der Waals surface area contributed by atoms with Gasteiger partial charge < -0.3 is 9.67 Å². The third kappa shape index (κ3) is 2.10. The molecule has 2 heteroatoms. The Hall–Kier alpha value is -1.72. The van der Waals surface area contributed by atoms with E-state index in [-0.39, 0.29) is 6.61 Å². The number of aryl methyl sites for hydroxylation is 1. The number of nitrogens with zero attached hydrogens (tertiary/aromatic N) is 1. The van der Waals surface area contributed by atoms with Crippen LogP contribution in [0.4, 0.5) is 0 Å². The lowest BCUT2D eigenvalue weighted by Gasteiger charge is -2.04. The highest BCUT2D eigenvalue weighted by atomic mass is 16.3. The Balaban J connectivity index is 2.24. The van der Waals surface area contributed by atoms with Gasteiger partial charge in [-0.15, -0.1) is 12.3 Å². The summed E-state index contributed by atoms with van der Waals surface area (Å²) in [7, 11) is 0. The van der Waals surface area contributed by atoms with Crippen LogP contribution in [0.15, 0.2) is 30.5 Å². The number of benzene rings is 1. The van der Waals surface area contributed by atoms with Gasteiger partial charge in [0.05, 0.1) is 6.61 Å². The van der Waals surface area contributed by atoms with E-state index in [1.165, 1.54) is 10.9 Å². The average molecular weight is 213 g/mol. The first-order chi connectivity index (χ1) is 7.85. The molecule has 2 rings (SSSR count). The van der Waals surface area contributed by atoms with E-state index in [2.05, 4.69) is 28.8 Å². The van der Waals surface area contributed by atoms with Crippen LogP contribution in [-0.2, 0) is 13.2 Å². The van der Waals surface area contributed by atoms with Crippen molar-refractivity contribution in [2.24, 2.45) is 0 Å². The highest BCUT2D eigenvalue weighted by Crippen LogP contribution is 2.18. The van der Waals surface area contributed by atoms with E-state index >= 15 is 0 Å². The first kappa shape index (κ1) is 10.8. The predicted molar refractivity (Wildman–Crippen MR) is 65.9 cm³/mol. The van der Waals surface area contributed by atoms with Crippen molar-refractivity contribution in [3.05, 3.63) is 36.0 Å². The fraction of sp³-hybridized carbons (Fsp3) is 0.286. The van der Waals surface area contributed by atoms with Crippen LogP contribution in [0.25, 0.3) is 10.9 Å². The van der Waals surface area contributed by atoms with Gasteiger partial charge >= 0.3 is 0 Å². The maximum absolute atomic E-state index is 9.05. The van der Waals surface area contributed by atoms with Gasteiger partial charge in [0.25, 0.3) is 0 Å². The minimum absolute atomic E-state index is 0.0954. The Bertz CT molecular complexity index is 519. The van der Waals surface area contributed by atoms with Gasteiger partial charge in [0.1, 0.15) is 0 Å². The molecule has 1 N–H and O–H groups in total. The van der Waals surface area contributed by atoms with Gasteiger partial charge in [-0.1, -0.05) is 6.07 Å². The van der Waals surface area contributed by atoms with Crippen molar-refractivity contribution in [2.45, 2.75) is 26.0 Å². The van der Waals surface area contributed by atoms with Crippen LogP contribution in [0.5, 0.6) is 0 Å². The third-order valence-corrected chi connectivity index (χ3v) is 2.74. The van der Waals surface area contributed by atoms with Crippen LogP contribution < -0.4 is 0 Å². The summed E-state index contributed by atoms with van der Waals surface area (Å²) in [6, 6.07) is 8.11. The Kier molecular flexibility index (Phi) is 3.28. The van der Waals surface area contributed by atoms with Crippen molar-refractivity contribution in [1.82, 2.24) is 4.57 Å². The highest BCUT2D eigenvalue weighted by molar-refractivity contribution is 5.80. The molecule has 1 aromatic heterocycles. The molecule has 16 heavy (non-hydrogen) atoms. The molecule has 0 bridgehead atoms. The molecular formula is C14H15NO. The first-order valence-electron chi connectivity index (χ1n) is 5.47. The monoisotopic (exact) mass is 213 g/mol. The standard InChI is InChI=1S/C14H15NO/c1-2-3-4-8-15-9-7-13-10-12(11-16)5-6-14(13)15/h1,5-7,9-10,16H,3-4,8,11H2. The number of unbranched alkanes of at least 4 members (excludes halogenated alkanes) is 1. The van der Waals surface area contributed by atoms with Crippen molar-refractivity contribution >= 4 is 10.9 Å². The quantitative estimate of drug-likeness (QED) is 0.612. The summed E-state index contributed by atoms with van der Waals surface area (Å²) in [6.07, 6.45) is 9.12. The number of fused-ring (bicyclic) bond motifs is 1. The van der Waals surface area contributed by atoms with E-state index in [1.807, 2.05) is 12.1 Å². The maximum atomic E-state index is 9.05. The van der Waals surface area contributed by atoms with Crippen LogP contribution in [0.3, 0.4) is 0 Å². The summed E-state index contributed by atoms with van der Waals surface area (Å²) in [5.41, 5.74) is 2.16. The summed E-state index contributed by atoms with van der Waals surface area (Å²) in [6.45, 7) is 1.05. The number of hydrogen-bond donors (Lipinski definition) is 1. The maximum Gasteiger partial charge on any atom is 0.0682 e. The lowest BCUT2D eigenvalue weighted by Crippen LogP contribution is -1.95. The molecular weight excluding hydrogens is 198 g/mol. The molecule has 0 saturated heterocycles. The molecule has 1 aromatic carbocycles. The van der Waals surface area contributed by atoms with Gasteiger partial charge in [-0.2, -0.15) is 0 Å². The second kappa shape index (κ2) is 4.87. The van der Waals surface area contributed by atoms with Crippen LogP contribution in [0.1, 0.15) is 18.4 Å². The Morgan fingerprint density at radius 2 is 2.19 bits per heavy atom. The van der Waals surface area contributed by atoms with Crippen molar-refractivity contribution in [3.8, 4) is 12.3 Å². The fourth-order valence-corrected chi connectivity index (χ4v) is 1.89. The topological polar surface area (TPSA) is 25.2 Å². The highest BCUT2D eigenvalue weighted by Gasteiger charge is 2.01. The molecule has 1 heterocycles. The van der Waals surface area contributed by atoms with E-state index in [0.717, 1.165) is 24.9 Å². The lowest BCUT2D eigenvalue weighted by molar-refractivity contribution is 0.282. The molecule has 0 fully saturated rings. The summed E-state index contributed by atoms with van der Waals surface area (Å²) in [4.78, 5) is 0. The Morgan fingerprint density at radius 1 is 1.31 bits per heavy atom. The van der Waals surface area contributed by atoms with Crippen molar-refractivity contribution in [1.29, 1.82) is 0 Å². The van der Waals surface area contributed by atoms with E-state index in [4.69, 9.17) is 11.5 Å². The van der Waals surface area contributed by atoms with E-state index < -0.39 is 0 Å². The van der Waals surface area contributed by atoms with Gasteiger partial charge in [0.15, 0.2) is 0 Å². The van der Waals surface area contributed by atoms with Crippen LogP contribution in [0, 0.1) is 12.3 Å². The number of aromatic nitrogens is 1. The zero-order chi connectivity index (χ0) is 11.4. The second-order valence-electron chi connectivity index (χ2n) is 3.87. The van der Waals surface area contributed by atoms with Crippen molar-refractivity contribution in [2.75, 3.05) is 0 Å². The zero-order valence-electron chi connectivity index (χ0n) is 9.19. The summed E-state index contributed by atoms with van der Waals surface area (Å²) in [5, 5.41) is 10.2. The Labute approximate surface area is 95.5 Å². The molecule has 82 valence electrons. The second-order valence-corrected chi connectivity index (χ2v) is 3.87. The van der Waals surface area contributed by atoms with Gasteiger partial charge in [0, 0.05) is 24.7 Å². The van der Waals surface area contributed by atoms with E-state index in [0.29, 0.717) is 0 Å². The van der Waals surface area contributed by atoms with E-state index in [9.17, 15) is 0 Å². The molecule has 0 aliphatic rings. The number of hydrogen-bond acceptors (Lipinski definition) is 1. The van der Waals surface area contributed by atoms with Crippen LogP contribution in [-0.4, -0.2) is 9.67 Å². The normalized spacial score (nSPS) is 10.5. The molecule has 0 amide bonds. The molecule has 0 saturated carbocycles. The Morgan fingerprint density at radius 3 is 2.94 bits per heavy atom. The smallest absolute Gasteiger partial charge is 0.0682 e. The SMILES string of the molecule is C#CCCCn1ccc2cc(CO)ccc21. The van der Waals surface area contributed by atoms with Gasteiger partial charge in [-0.25, -0.2) is 0 Å². The first-order valence-corrected chi connectivity index (χ1v) is 5.47. The molecule has 0 spiro atoms. The number of terminal acetylenes is 1. The minimum Gasteiger partial charge on any atom is -0.392 e. The van der Waals surface area contributed by atoms with Gasteiger partial charge in [0.2, 0.25) is 0 Å².